The van der Waals surface area contributed by atoms with Crippen molar-refractivity contribution in [3.8, 4) is 0 Å². The second kappa shape index (κ2) is 8.27. The first-order valence-electron chi connectivity index (χ1n) is 10.8. The summed E-state index contributed by atoms with van der Waals surface area (Å²) in [6.45, 7) is 4.12. The van der Waals surface area contributed by atoms with Crippen LogP contribution in [0.3, 0.4) is 0 Å². The van der Waals surface area contributed by atoms with Crippen molar-refractivity contribution in [3.05, 3.63) is 108 Å². The minimum absolute atomic E-state index is 0.963. The molecule has 0 atom stereocenters. The quantitative estimate of drug-likeness (QED) is 0.270. The Kier molecular flexibility index (Phi) is 5.16. The second-order valence-electron chi connectivity index (χ2n) is 8.12. The lowest BCUT2D eigenvalue weighted by Gasteiger charge is -2.08. The Morgan fingerprint density at radius 1 is 0.531 bits per heavy atom. The monoisotopic (exact) mass is 415 g/mol. The maximum absolute atomic E-state index is 4.89. The van der Waals surface area contributed by atoms with Gasteiger partial charge in [-0.1, -0.05) is 60.7 Å². The van der Waals surface area contributed by atoms with Crippen LogP contribution in [0.4, 0.5) is 11.4 Å². The van der Waals surface area contributed by atoms with E-state index >= 15 is 0 Å². The molecule has 0 unspecified atom stereocenters. The Balaban J connectivity index is 1.45. The van der Waals surface area contributed by atoms with Gasteiger partial charge in [-0.15, -0.1) is 0 Å². The Morgan fingerprint density at radius 3 is 1.38 bits per heavy atom. The summed E-state index contributed by atoms with van der Waals surface area (Å²) in [5, 5.41) is 4.86. The van der Waals surface area contributed by atoms with Gasteiger partial charge < -0.3 is 4.57 Å². The van der Waals surface area contributed by atoms with Crippen molar-refractivity contribution >= 4 is 44.3 Å². The van der Waals surface area contributed by atoms with Crippen LogP contribution in [0.1, 0.15) is 25.2 Å². The molecule has 0 fully saturated rings. The molecule has 4 aromatic carbocycles. The summed E-state index contributed by atoms with van der Waals surface area (Å²) in [6, 6.07) is 33.6. The lowest BCUT2D eigenvalue weighted by molar-refractivity contribution is 0.900. The number of aliphatic imine (C=N–C) groups is 2. The molecular weight excluding hydrogens is 390 g/mol. The third kappa shape index (κ3) is 3.85. The third-order valence-corrected chi connectivity index (χ3v) is 5.92. The Bertz CT molecular complexity index is 1390. The molecule has 3 nitrogen and oxygen atoms in total. The molecule has 0 aliphatic heterocycles. The number of fused-ring (bicyclic) bond motifs is 2. The van der Waals surface area contributed by atoms with E-state index in [4.69, 9.17) is 9.98 Å². The third-order valence-electron chi connectivity index (χ3n) is 5.92. The van der Waals surface area contributed by atoms with E-state index in [9.17, 15) is 0 Å². The van der Waals surface area contributed by atoms with E-state index in [0.29, 0.717) is 0 Å². The summed E-state index contributed by atoms with van der Waals surface area (Å²) in [5.74, 6) is 0. The van der Waals surface area contributed by atoms with E-state index in [0.717, 1.165) is 34.2 Å². The van der Waals surface area contributed by atoms with E-state index in [2.05, 4.69) is 123 Å². The zero-order valence-electron chi connectivity index (χ0n) is 18.6. The van der Waals surface area contributed by atoms with E-state index in [-0.39, 0.29) is 0 Å². The van der Waals surface area contributed by atoms with Crippen molar-refractivity contribution in [2.24, 2.45) is 17.0 Å². The smallest absolute Gasteiger partial charge is 0.0640 e. The summed E-state index contributed by atoms with van der Waals surface area (Å²) >= 11 is 0. The number of rotatable bonds is 4. The highest BCUT2D eigenvalue weighted by Crippen LogP contribution is 2.24. The number of aromatic nitrogens is 1. The van der Waals surface area contributed by atoms with Crippen LogP contribution in [0.15, 0.2) is 107 Å². The van der Waals surface area contributed by atoms with Crippen LogP contribution < -0.4 is 0 Å². The molecule has 0 radical (unpaired) electrons. The van der Waals surface area contributed by atoms with E-state index in [1.165, 1.54) is 21.5 Å². The van der Waals surface area contributed by atoms with Gasteiger partial charge in [0, 0.05) is 7.05 Å². The van der Waals surface area contributed by atoms with Gasteiger partial charge in [0.25, 0.3) is 0 Å². The average molecular weight is 416 g/mol. The first-order valence-corrected chi connectivity index (χ1v) is 10.8. The van der Waals surface area contributed by atoms with Crippen LogP contribution >= 0.6 is 0 Å². The first-order chi connectivity index (χ1) is 15.6. The number of hydrogen-bond donors (Lipinski definition) is 0. The van der Waals surface area contributed by atoms with Crippen molar-refractivity contribution in [2.75, 3.05) is 0 Å². The van der Waals surface area contributed by atoms with Gasteiger partial charge in [-0.25, -0.2) is 0 Å². The van der Waals surface area contributed by atoms with Gasteiger partial charge in [0.2, 0.25) is 0 Å². The zero-order valence-corrected chi connectivity index (χ0v) is 18.6. The molecule has 0 saturated carbocycles. The van der Waals surface area contributed by atoms with Crippen LogP contribution in [0.25, 0.3) is 21.5 Å². The predicted molar refractivity (Wildman–Crippen MR) is 137 cm³/mol. The summed E-state index contributed by atoms with van der Waals surface area (Å²) in [5.41, 5.74) is 6.05. The largest absolute Gasteiger partial charge is 0.342 e. The summed E-state index contributed by atoms with van der Waals surface area (Å²) in [6.07, 6.45) is 0. The minimum atomic E-state index is 0.963. The molecule has 0 N–H and O–H groups in total. The highest BCUT2D eigenvalue weighted by atomic mass is 15.0. The normalized spacial score (nSPS) is 12.6. The van der Waals surface area contributed by atoms with Gasteiger partial charge in [-0.2, -0.15) is 0 Å². The molecule has 1 aromatic heterocycles. The highest BCUT2D eigenvalue weighted by molar-refractivity contribution is 6.04. The van der Waals surface area contributed by atoms with E-state index < -0.39 is 0 Å². The predicted octanol–water partition coefficient (Wildman–Crippen LogP) is 7.61. The molecule has 0 amide bonds. The molecule has 0 spiro atoms. The Morgan fingerprint density at radius 2 is 0.938 bits per heavy atom. The SMILES string of the molecule is CC(=Nc1ccc2ccccc2c1)c1ccc(C(C)=Nc2ccc3ccccc3c2)n1C. The zero-order chi connectivity index (χ0) is 22.1. The van der Waals surface area contributed by atoms with Gasteiger partial charge in [-0.3, -0.25) is 9.98 Å². The first kappa shape index (κ1) is 20.0. The van der Waals surface area contributed by atoms with Crippen LogP contribution in [0, 0.1) is 0 Å². The standard InChI is InChI=1S/C29H25N3/c1-20(30-26-14-12-22-8-4-6-10-24(22)18-26)28-16-17-29(32(28)3)21(2)31-27-15-13-23-9-5-7-11-25(23)19-27/h4-19H,1-3H3. The van der Waals surface area contributed by atoms with Crippen LogP contribution in [-0.2, 0) is 7.05 Å². The molecular formula is C29H25N3. The fourth-order valence-corrected chi connectivity index (χ4v) is 4.23. The van der Waals surface area contributed by atoms with Crippen molar-refractivity contribution in [3.63, 3.8) is 0 Å². The topological polar surface area (TPSA) is 29.6 Å². The molecule has 1 heterocycles. The van der Waals surface area contributed by atoms with Gasteiger partial charge >= 0.3 is 0 Å². The lowest BCUT2D eigenvalue weighted by atomic mass is 10.1. The molecule has 0 bridgehead atoms. The van der Waals surface area contributed by atoms with Crippen molar-refractivity contribution in [1.82, 2.24) is 4.57 Å². The molecule has 0 saturated heterocycles. The molecule has 3 heteroatoms. The van der Waals surface area contributed by atoms with Gasteiger partial charge in [0.15, 0.2) is 0 Å². The van der Waals surface area contributed by atoms with E-state index in [1.807, 2.05) is 0 Å². The molecule has 32 heavy (non-hydrogen) atoms. The lowest BCUT2D eigenvalue weighted by Crippen LogP contribution is -2.09. The van der Waals surface area contributed by atoms with Gasteiger partial charge in [0.1, 0.15) is 0 Å². The molecule has 0 aliphatic carbocycles. The maximum Gasteiger partial charge on any atom is 0.0640 e. The number of hydrogen-bond acceptors (Lipinski definition) is 2. The van der Waals surface area contributed by atoms with Crippen molar-refractivity contribution in [1.29, 1.82) is 0 Å². The molecule has 5 rings (SSSR count). The maximum atomic E-state index is 4.89. The van der Waals surface area contributed by atoms with Crippen LogP contribution in [-0.4, -0.2) is 16.0 Å². The van der Waals surface area contributed by atoms with Gasteiger partial charge in [-0.05, 0) is 71.8 Å². The Hall–Kier alpha value is -3.98. The Labute approximate surface area is 188 Å². The number of benzene rings is 4. The highest BCUT2D eigenvalue weighted by Gasteiger charge is 2.10. The molecule has 0 aliphatic rings. The summed E-state index contributed by atoms with van der Waals surface area (Å²) < 4.78 is 2.17. The van der Waals surface area contributed by atoms with Gasteiger partial charge in [0.05, 0.1) is 34.2 Å². The second-order valence-corrected chi connectivity index (χ2v) is 8.12. The fourth-order valence-electron chi connectivity index (χ4n) is 4.23. The number of nitrogens with zero attached hydrogens (tertiary/aromatic N) is 3. The molecule has 5 aromatic rings. The molecule has 156 valence electrons. The van der Waals surface area contributed by atoms with Crippen LogP contribution in [0.2, 0.25) is 0 Å². The average Bonchev–Trinajstić information content (AvgIpc) is 3.20. The van der Waals surface area contributed by atoms with Crippen molar-refractivity contribution < 1.29 is 0 Å². The van der Waals surface area contributed by atoms with E-state index in [1.54, 1.807) is 0 Å². The van der Waals surface area contributed by atoms with Crippen molar-refractivity contribution in [2.45, 2.75) is 13.8 Å². The summed E-state index contributed by atoms with van der Waals surface area (Å²) in [7, 11) is 2.07. The summed E-state index contributed by atoms with van der Waals surface area (Å²) in [4.78, 5) is 9.77. The fraction of sp³-hybridized carbons (Fsp3) is 0.103. The minimum Gasteiger partial charge on any atom is -0.342 e. The van der Waals surface area contributed by atoms with Crippen LogP contribution in [0.5, 0.6) is 0 Å².